The molecular formula is C17H24N2OS. The predicted octanol–water partition coefficient (Wildman–Crippen LogP) is 3.20. The Morgan fingerprint density at radius 2 is 2.10 bits per heavy atom. The lowest BCUT2D eigenvalue weighted by Crippen LogP contribution is -2.52. The highest BCUT2D eigenvalue weighted by Crippen LogP contribution is 2.39. The second-order valence-electron chi connectivity index (χ2n) is 6.31. The molecule has 0 atom stereocenters. The van der Waals surface area contributed by atoms with E-state index in [-0.39, 0.29) is 5.54 Å². The van der Waals surface area contributed by atoms with Gasteiger partial charge in [-0.3, -0.25) is 9.69 Å². The molecule has 3 nitrogen and oxygen atoms in total. The third-order valence-electron chi connectivity index (χ3n) is 4.95. The Balaban J connectivity index is 1.61. The summed E-state index contributed by atoms with van der Waals surface area (Å²) in [6.07, 6.45) is 5.84. The highest BCUT2D eigenvalue weighted by Gasteiger charge is 2.46. The summed E-state index contributed by atoms with van der Waals surface area (Å²) in [5.41, 5.74) is 0.118. The van der Waals surface area contributed by atoms with Gasteiger partial charge in [0.1, 0.15) is 0 Å². The van der Waals surface area contributed by atoms with Crippen LogP contribution in [-0.4, -0.2) is 40.9 Å². The van der Waals surface area contributed by atoms with Crippen LogP contribution in [0.15, 0.2) is 24.8 Å². The van der Waals surface area contributed by atoms with Crippen molar-refractivity contribution in [2.45, 2.75) is 44.7 Å². The fraction of sp³-hybridized carbons (Fsp3) is 0.588. The average Bonchev–Trinajstić information content (AvgIpc) is 3.01. The Bertz CT molecular complexity index is 529. The van der Waals surface area contributed by atoms with Gasteiger partial charge in [-0.05, 0) is 38.3 Å². The number of thiophene rings is 1. The van der Waals surface area contributed by atoms with Crippen LogP contribution in [-0.2, 0) is 11.3 Å². The minimum absolute atomic E-state index is 0.118. The van der Waals surface area contributed by atoms with Gasteiger partial charge in [-0.25, -0.2) is 0 Å². The lowest BCUT2D eigenvalue weighted by Gasteiger charge is -2.44. The van der Waals surface area contributed by atoms with Gasteiger partial charge in [0.25, 0.3) is 0 Å². The topological polar surface area (TPSA) is 23.6 Å². The first-order chi connectivity index (χ1) is 10.1. The van der Waals surface area contributed by atoms with Crippen molar-refractivity contribution in [2.24, 2.45) is 0 Å². The molecule has 1 aromatic heterocycles. The Morgan fingerprint density at radius 1 is 1.33 bits per heavy atom. The first kappa shape index (κ1) is 14.8. The standard InChI is InChI=1S/C17H24N2OS/c1-3-10-19-16(20)6-7-17(19)8-11-18(12-9-17)13-15-5-4-14(2)21-15/h3-5H,1,6-13H2,2H3. The summed E-state index contributed by atoms with van der Waals surface area (Å²) in [5.74, 6) is 0.317. The zero-order valence-corrected chi connectivity index (χ0v) is 13.6. The predicted molar refractivity (Wildman–Crippen MR) is 87.4 cm³/mol. The van der Waals surface area contributed by atoms with Crippen LogP contribution in [0, 0.1) is 6.92 Å². The molecule has 114 valence electrons. The first-order valence-electron chi connectivity index (χ1n) is 7.82. The first-order valence-corrected chi connectivity index (χ1v) is 8.64. The minimum atomic E-state index is 0.118. The van der Waals surface area contributed by atoms with Gasteiger partial charge in [0.2, 0.25) is 5.91 Å². The number of nitrogens with zero attached hydrogens (tertiary/aromatic N) is 2. The van der Waals surface area contributed by atoms with Crippen molar-refractivity contribution >= 4 is 17.2 Å². The largest absolute Gasteiger partial charge is 0.333 e. The van der Waals surface area contributed by atoms with Crippen molar-refractivity contribution in [1.82, 2.24) is 9.80 Å². The van der Waals surface area contributed by atoms with Gasteiger partial charge in [-0.2, -0.15) is 0 Å². The molecule has 21 heavy (non-hydrogen) atoms. The summed E-state index contributed by atoms with van der Waals surface area (Å²) in [7, 11) is 0. The van der Waals surface area contributed by atoms with E-state index in [1.165, 1.54) is 9.75 Å². The van der Waals surface area contributed by atoms with E-state index in [1.54, 1.807) is 0 Å². The van der Waals surface area contributed by atoms with Gasteiger partial charge >= 0.3 is 0 Å². The summed E-state index contributed by atoms with van der Waals surface area (Å²) < 4.78 is 0. The van der Waals surface area contributed by atoms with Crippen LogP contribution in [0.5, 0.6) is 0 Å². The highest BCUT2D eigenvalue weighted by molar-refractivity contribution is 7.11. The van der Waals surface area contributed by atoms with Crippen LogP contribution < -0.4 is 0 Å². The Hall–Kier alpha value is -1.13. The van der Waals surface area contributed by atoms with Crippen LogP contribution in [0.1, 0.15) is 35.4 Å². The van der Waals surface area contributed by atoms with Crippen molar-refractivity contribution < 1.29 is 4.79 Å². The minimum Gasteiger partial charge on any atom is -0.333 e. The highest BCUT2D eigenvalue weighted by atomic mass is 32.1. The number of hydrogen-bond acceptors (Lipinski definition) is 3. The van der Waals surface area contributed by atoms with E-state index >= 15 is 0 Å². The number of piperidine rings is 1. The molecular weight excluding hydrogens is 280 g/mol. The van der Waals surface area contributed by atoms with Crippen molar-refractivity contribution in [3.05, 3.63) is 34.5 Å². The van der Waals surface area contributed by atoms with Gasteiger partial charge in [-0.1, -0.05) is 6.08 Å². The van der Waals surface area contributed by atoms with Gasteiger partial charge in [0, 0.05) is 47.9 Å². The number of likely N-dealkylation sites (tertiary alicyclic amines) is 2. The molecule has 1 aromatic rings. The van der Waals surface area contributed by atoms with Crippen LogP contribution in [0.25, 0.3) is 0 Å². The van der Waals surface area contributed by atoms with Crippen molar-refractivity contribution in [2.75, 3.05) is 19.6 Å². The molecule has 1 spiro atoms. The van der Waals surface area contributed by atoms with Gasteiger partial charge in [0.15, 0.2) is 0 Å². The number of carbonyl (C=O) groups is 1. The molecule has 3 heterocycles. The quantitative estimate of drug-likeness (QED) is 0.798. The van der Waals surface area contributed by atoms with E-state index in [1.807, 2.05) is 17.4 Å². The fourth-order valence-corrected chi connectivity index (χ4v) is 4.67. The van der Waals surface area contributed by atoms with Crippen LogP contribution in [0.2, 0.25) is 0 Å². The van der Waals surface area contributed by atoms with Crippen molar-refractivity contribution in [3.63, 3.8) is 0 Å². The van der Waals surface area contributed by atoms with Crippen LogP contribution >= 0.6 is 11.3 Å². The molecule has 4 heteroatoms. The van der Waals surface area contributed by atoms with Crippen molar-refractivity contribution in [3.8, 4) is 0 Å². The van der Waals surface area contributed by atoms with Gasteiger partial charge in [-0.15, -0.1) is 17.9 Å². The zero-order chi connectivity index (χ0) is 14.9. The lowest BCUT2D eigenvalue weighted by molar-refractivity contribution is -0.131. The molecule has 2 fully saturated rings. The van der Waals surface area contributed by atoms with Gasteiger partial charge in [0.05, 0.1) is 0 Å². The molecule has 2 saturated heterocycles. The second-order valence-corrected chi connectivity index (χ2v) is 7.68. The number of hydrogen-bond donors (Lipinski definition) is 0. The maximum Gasteiger partial charge on any atom is 0.223 e. The lowest BCUT2D eigenvalue weighted by atomic mass is 9.85. The van der Waals surface area contributed by atoms with E-state index in [2.05, 4.69) is 35.4 Å². The molecule has 2 aliphatic rings. The number of rotatable bonds is 4. The summed E-state index contributed by atoms with van der Waals surface area (Å²) >= 11 is 1.89. The molecule has 0 aliphatic carbocycles. The SMILES string of the molecule is C=CCN1C(=O)CCC12CCN(Cc1ccc(C)s1)CC2. The van der Waals surface area contributed by atoms with E-state index in [0.717, 1.165) is 45.3 Å². The Morgan fingerprint density at radius 3 is 2.71 bits per heavy atom. The average molecular weight is 304 g/mol. The molecule has 0 unspecified atom stereocenters. The van der Waals surface area contributed by atoms with E-state index in [4.69, 9.17) is 0 Å². The van der Waals surface area contributed by atoms with E-state index < -0.39 is 0 Å². The summed E-state index contributed by atoms with van der Waals surface area (Å²) in [6, 6.07) is 4.44. The van der Waals surface area contributed by atoms with Crippen LogP contribution in [0.3, 0.4) is 0 Å². The maximum absolute atomic E-state index is 12.1. The number of amides is 1. The molecule has 0 aromatic carbocycles. The fourth-order valence-electron chi connectivity index (χ4n) is 3.74. The maximum atomic E-state index is 12.1. The number of carbonyl (C=O) groups excluding carboxylic acids is 1. The zero-order valence-electron chi connectivity index (χ0n) is 12.8. The molecule has 0 bridgehead atoms. The third kappa shape index (κ3) is 2.92. The molecule has 0 N–H and O–H groups in total. The normalized spacial score (nSPS) is 22.1. The summed E-state index contributed by atoms with van der Waals surface area (Å²) in [6.45, 7) is 9.93. The molecule has 0 radical (unpaired) electrons. The second kappa shape index (κ2) is 5.93. The molecule has 2 aliphatic heterocycles. The van der Waals surface area contributed by atoms with Gasteiger partial charge < -0.3 is 4.90 Å². The number of aryl methyl sites for hydroxylation is 1. The summed E-state index contributed by atoms with van der Waals surface area (Å²) in [4.78, 5) is 19.5. The van der Waals surface area contributed by atoms with Crippen LogP contribution in [0.4, 0.5) is 0 Å². The Labute approximate surface area is 131 Å². The third-order valence-corrected chi connectivity index (χ3v) is 5.94. The smallest absolute Gasteiger partial charge is 0.223 e. The molecule has 0 saturated carbocycles. The molecule has 1 amide bonds. The van der Waals surface area contributed by atoms with E-state index in [9.17, 15) is 4.79 Å². The van der Waals surface area contributed by atoms with Crippen molar-refractivity contribution in [1.29, 1.82) is 0 Å². The molecule has 3 rings (SSSR count). The Kier molecular flexibility index (Phi) is 4.18. The van der Waals surface area contributed by atoms with E-state index in [0.29, 0.717) is 12.5 Å². The summed E-state index contributed by atoms with van der Waals surface area (Å²) in [5, 5.41) is 0. The monoisotopic (exact) mass is 304 g/mol.